The summed E-state index contributed by atoms with van der Waals surface area (Å²) in [6.45, 7) is 4.26. The van der Waals surface area contributed by atoms with Gasteiger partial charge in [0.05, 0.1) is 6.61 Å². The lowest BCUT2D eigenvalue weighted by molar-refractivity contribution is 0.176. The summed E-state index contributed by atoms with van der Waals surface area (Å²) in [5, 5.41) is 3.74. The van der Waals surface area contributed by atoms with Crippen LogP contribution in [0.3, 0.4) is 0 Å². The van der Waals surface area contributed by atoms with Crippen LogP contribution in [0.5, 0.6) is 0 Å². The summed E-state index contributed by atoms with van der Waals surface area (Å²) < 4.78 is 5.40. The Labute approximate surface area is 81.0 Å². The van der Waals surface area contributed by atoms with E-state index >= 15 is 0 Å². The Bertz CT molecular complexity index is 148. The van der Waals surface area contributed by atoms with Gasteiger partial charge >= 0.3 is 0 Å². The number of ether oxygens (including phenoxy) is 1. The standard InChI is InChI=1S/C11H21NO/c1-9(10-6-7-13-8-10)12-11-4-2-3-5-11/h9-12H,2-8H2,1H3. The molecule has 1 heterocycles. The molecule has 0 amide bonds. The molecule has 1 saturated heterocycles. The highest BCUT2D eigenvalue weighted by Crippen LogP contribution is 2.22. The third kappa shape index (κ3) is 2.44. The SMILES string of the molecule is CC(NC1CCCC1)C1CCOC1. The molecule has 0 spiro atoms. The fourth-order valence-corrected chi connectivity index (χ4v) is 2.55. The Hall–Kier alpha value is -0.0800. The van der Waals surface area contributed by atoms with E-state index in [9.17, 15) is 0 Å². The highest BCUT2D eigenvalue weighted by molar-refractivity contribution is 4.81. The van der Waals surface area contributed by atoms with Gasteiger partial charge in [-0.05, 0) is 32.1 Å². The molecule has 2 fully saturated rings. The number of hydrogen-bond acceptors (Lipinski definition) is 2. The predicted molar refractivity (Wildman–Crippen MR) is 53.8 cm³/mol. The molecule has 2 atom stereocenters. The van der Waals surface area contributed by atoms with Crippen molar-refractivity contribution in [3.63, 3.8) is 0 Å². The second-order valence-electron chi connectivity index (χ2n) is 4.56. The largest absolute Gasteiger partial charge is 0.381 e. The molecule has 0 aromatic carbocycles. The molecule has 76 valence electrons. The zero-order chi connectivity index (χ0) is 9.10. The Balaban J connectivity index is 1.73. The van der Waals surface area contributed by atoms with E-state index in [1.165, 1.54) is 32.1 Å². The highest BCUT2D eigenvalue weighted by atomic mass is 16.5. The normalized spacial score (nSPS) is 32.5. The van der Waals surface area contributed by atoms with Gasteiger partial charge in [0.1, 0.15) is 0 Å². The predicted octanol–water partition coefficient (Wildman–Crippen LogP) is 1.94. The van der Waals surface area contributed by atoms with Crippen molar-refractivity contribution in [2.45, 2.75) is 51.1 Å². The maximum Gasteiger partial charge on any atom is 0.0509 e. The molecule has 1 saturated carbocycles. The minimum atomic E-state index is 0.658. The van der Waals surface area contributed by atoms with E-state index in [-0.39, 0.29) is 0 Å². The topological polar surface area (TPSA) is 21.3 Å². The third-order valence-electron chi connectivity index (χ3n) is 3.53. The summed E-state index contributed by atoms with van der Waals surface area (Å²) in [6, 6.07) is 1.46. The minimum absolute atomic E-state index is 0.658. The highest BCUT2D eigenvalue weighted by Gasteiger charge is 2.25. The van der Waals surface area contributed by atoms with Crippen molar-refractivity contribution in [2.75, 3.05) is 13.2 Å². The van der Waals surface area contributed by atoms with Gasteiger partial charge < -0.3 is 10.1 Å². The molecule has 2 rings (SSSR count). The van der Waals surface area contributed by atoms with Gasteiger partial charge in [0, 0.05) is 18.7 Å². The first kappa shape index (κ1) is 9.47. The van der Waals surface area contributed by atoms with Crippen LogP contribution < -0.4 is 5.32 Å². The summed E-state index contributed by atoms with van der Waals surface area (Å²) in [7, 11) is 0. The van der Waals surface area contributed by atoms with E-state index in [0.717, 1.165) is 25.2 Å². The van der Waals surface area contributed by atoms with Crippen LogP contribution in [0.25, 0.3) is 0 Å². The molecule has 0 radical (unpaired) electrons. The van der Waals surface area contributed by atoms with Crippen molar-refractivity contribution >= 4 is 0 Å². The van der Waals surface area contributed by atoms with Crippen molar-refractivity contribution in [1.82, 2.24) is 5.32 Å². The molecule has 2 nitrogen and oxygen atoms in total. The van der Waals surface area contributed by atoms with E-state index < -0.39 is 0 Å². The Kier molecular flexibility index (Phi) is 3.23. The molecule has 2 aliphatic rings. The van der Waals surface area contributed by atoms with E-state index in [0.29, 0.717) is 6.04 Å². The maximum absolute atomic E-state index is 5.40. The Morgan fingerprint density at radius 2 is 2.00 bits per heavy atom. The first-order valence-electron chi connectivity index (χ1n) is 5.70. The molecule has 2 heteroatoms. The number of nitrogens with one attached hydrogen (secondary N) is 1. The van der Waals surface area contributed by atoms with Crippen LogP contribution in [-0.2, 0) is 4.74 Å². The fraction of sp³-hybridized carbons (Fsp3) is 1.00. The van der Waals surface area contributed by atoms with Crippen LogP contribution in [-0.4, -0.2) is 25.3 Å². The summed E-state index contributed by atoms with van der Waals surface area (Å²) in [4.78, 5) is 0. The van der Waals surface area contributed by atoms with Crippen LogP contribution in [0.15, 0.2) is 0 Å². The van der Waals surface area contributed by atoms with E-state index in [1.54, 1.807) is 0 Å². The Morgan fingerprint density at radius 1 is 1.23 bits per heavy atom. The molecule has 0 aromatic rings. The fourth-order valence-electron chi connectivity index (χ4n) is 2.55. The molecule has 1 aliphatic carbocycles. The Morgan fingerprint density at radius 3 is 2.62 bits per heavy atom. The third-order valence-corrected chi connectivity index (χ3v) is 3.53. The van der Waals surface area contributed by atoms with Gasteiger partial charge in [-0.2, -0.15) is 0 Å². The summed E-state index contributed by atoms with van der Waals surface area (Å²) >= 11 is 0. The van der Waals surface area contributed by atoms with Gasteiger partial charge in [-0.15, -0.1) is 0 Å². The number of hydrogen-bond donors (Lipinski definition) is 1. The maximum atomic E-state index is 5.40. The molecular formula is C11H21NO. The molecule has 13 heavy (non-hydrogen) atoms. The zero-order valence-corrected chi connectivity index (χ0v) is 8.59. The van der Waals surface area contributed by atoms with Gasteiger partial charge in [0.25, 0.3) is 0 Å². The van der Waals surface area contributed by atoms with Crippen molar-refractivity contribution < 1.29 is 4.74 Å². The number of rotatable bonds is 3. The molecule has 1 N–H and O–H groups in total. The smallest absolute Gasteiger partial charge is 0.0509 e. The van der Waals surface area contributed by atoms with Gasteiger partial charge in [0.2, 0.25) is 0 Å². The van der Waals surface area contributed by atoms with Gasteiger partial charge in [-0.25, -0.2) is 0 Å². The second kappa shape index (κ2) is 4.43. The monoisotopic (exact) mass is 183 g/mol. The van der Waals surface area contributed by atoms with Crippen LogP contribution in [0, 0.1) is 5.92 Å². The molecule has 0 bridgehead atoms. The first-order valence-corrected chi connectivity index (χ1v) is 5.70. The van der Waals surface area contributed by atoms with Gasteiger partial charge in [-0.3, -0.25) is 0 Å². The lowest BCUT2D eigenvalue weighted by Crippen LogP contribution is -2.39. The first-order chi connectivity index (χ1) is 6.36. The lowest BCUT2D eigenvalue weighted by atomic mass is 9.99. The van der Waals surface area contributed by atoms with Crippen molar-refractivity contribution in [2.24, 2.45) is 5.92 Å². The quantitative estimate of drug-likeness (QED) is 0.722. The minimum Gasteiger partial charge on any atom is -0.381 e. The summed E-state index contributed by atoms with van der Waals surface area (Å²) in [6.07, 6.45) is 6.87. The zero-order valence-electron chi connectivity index (χ0n) is 8.59. The van der Waals surface area contributed by atoms with E-state index in [2.05, 4.69) is 12.2 Å². The molecular weight excluding hydrogens is 162 g/mol. The van der Waals surface area contributed by atoms with Crippen molar-refractivity contribution in [1.29, 1.82) is 0 Å². The van der Waals surface area contributed by atoms with Gasteiger partial charge in [-0.1, -0.05) is 12.8 Å². The summed E-state index contributed by atoms with van der Waals surface area (Å²) in [5.74, 6) is 0.764. The summed E-state index contributed by atoms with van der Waals surface area (Å²) in [5.41, 5.74) is 0. The van der Waals surface area contributed by atoms with Crippen molar-refractivity contribution in [3.05, 3.63) is 0 Å². The molecule has 2 unspecified atom stereocenters. The van der Waals surface area contributed by atoms with Gasteiger partial charge in [0.15, 0.2) is 0 Å². The van der Waals surface area contributed by atoms with Crippen LogP contribution in [0.2, 0.25) is 0 Å². The van der Waals surface area contributed by atoms with E-state index in [1.807, 2.05) is 0 Å². The second-order valence-corrected chi connectivity index (χ2v) is 4.56. The van der Waals surface area contributed by atoms with E-state index in [4.69, 9.17) is 4.74 Å². The van der Waals surface area contributed by atoms with Crippen LogP contribution in [0.4, 0.5) is 0 Å². The average Bonchev–Trinajstić information content (AvgIpc) is 2.74. The van der Waals surface area contributed by atoms with Crippen LogP contribution >= 0.6 is 0 Å². The lowest BCUT2D eigenvalue weighted by Gasteiger charge is -2.23. The average molecular weight is 183 g/mol. The van der Waals surface area contributed by atoms with Crippen molar-refractivity contribution in [3.8, 4) is 0 Å². The molecule has 1 aliphatic heterocycles. The molecule has 0 aromatic heterocycles. The van der Waals surface area contributed by atoms with Crippen LogP contribution in [0.1, 0.15) is 39.0 Å².